The van der Waals surface area contributed by atoms with Crippen molar-refractivity contribution in [2.75, 3.05) is 78.5 Å². The van der Waals surface area contributed by atoms with Gasteiger partial charge in [-0.3, -0.25) is 38.6 Å². The fourth-order valence-electron chi connectivity index (χ4n) is 10.8. The highest BCUT2D eigenvalue weighted by molar-refractivity contribution is 6.05. The molecule has 492 valence electrons. The number of carbonyl (C=O) groups excluding carboxylic acids is 7. The van der Waals surface area contributed by atoms with E-state index in [4.69, 9.17) is 23.7 Å². The number of ether oxygens (including phenoxy) is 5. The van der Waals surface area contributed by atoms with Gasteiger partial charge in [-0.25, -0.2) is 4.79 Å². The number of benzene rings is 7. The first-order valence-corrected chi connectivity index (χ1v) is 31.7. The molecule has 9 aliphatic rings. The molecule has 7 amide bonds. The van der Waals surface area contributed by atoms with E-state index in [1.165, 1.54) is 24.3 Å². The maximum absolute atomic E-state index is 15.4. The number of nitrogens with one attached hydrogen (secondary N) is 7. The second-order valence-electron chi connectivity index (χ2n) is 24.0. The molecule has 0 aliphatic carbocycles. The molecule has 0 spiro atoms. The van der Waals surface area contributed by atoms with E-state index in [0.29, 0.717) is 22.3 Å². The Morgan fingerprint density at radius 3 is 1.02 bits per heavy atom. The highest BCUT2D eigenvalue weighted by Gasteiger charge is 2.30. The Balaban J connectivity index is 1.15. The number of hydrogen-bond acceptors (Lipinski definition) is 14. The average Bonchev–Trinajstić information content (AvgIpc) is 0.829. The lowest BCUT2D eigenvalue weighted by Crippen LogP contribution is -2.49. The highest BCUT2D eigenvalue weighted by Crippen LogP contribution is 2.39. The van der Waals surface area contributed by atoms with Crippen molar-refractivity contribution in [2.45, 2.75) is 79.1 Å². The fraction of sp³-hybridized carbons (Fsp3) is 0.329. The summed E-state index contributed by atoms with van der Waals surface area (Å²) in [4.78, 5) is 105. The van der Waals surface area contributed by atoms with Crippen LogP contribution in [-0.2, 0) is 31.2 Å². The van der Waals surface area contributed by atoms with E-state index in [-0.39, 0.29) is 168 Å². The van der Waals surface area contributed by atoms with Gasteiger partial charge >= 0.3 is 6.09 Å². The van der Waals surface area contributed by atoms with Crippen LogP contribution in [0.4, 0.5) is 4.79 Å². The summed E-state index contributed by atoms with van der Waals surface area (Å²) in [7, 11) is 0. The molecule has 21 heteroatoms. The molecule has 3 atom stereocenters. The minimum atomic E-state index is -0.804. The van der Waals surface area contributed by atoms with Gasteiger partial charge in [-0.2, -0.15) is 0 Å². The standard InChI is InChI=1S/C73H83N9O12/c1-49-50(2)57-27-26-56(49)66(83)74-34-39-81-40-35-76-68(85)58-28-29-59(63(91-46-52-20-12-7-13-21-52)62(58)90-45-51-18-10-6-11-19-51)70(87)78-38-43-82(42-37-75-67(57)84)44-55(32-33-79-72(89)94-73(3,4)5)80-71(88)61-31-30-60(69(86)77-36-41-81)64(92-47-53-22-14-8-15-23-53)65(61)93-48-54-24-16-9-17-25-54/h6-31,55H,32-48H2,1-5H3,(H,74,83)(H,75,84)(H,76,85)(H,77,86)(H,78,87)(H,79,89)(H,80,88)/t55-/m0/s1. The molecule has 0 saturated heterocycles. The summed E-state index contributed by atoms with van der Waals surface area (Å²) >= 11 is 0. The third kappa shape index (κ3) is 19.4. The molecular weight excluding hydrogens is 1190 g/mol. The molecule has 8 bridgehead atoms. The Bertz CT molecular complexity index is 3750. The molecule has 9 aliphatic heterocycles. The number of alkyl carbamates (subject to hydrolysis) is 1. The van der Waals surface area contributed by atoms with E-state index >= 15 is 4.79 Å². The van der Waals surface area contributed by atoms with Gasteiger partial charge in [0.25, 0.3) is 35.4 Å². The van der Waals surface area contributed by atoms with Gasteiger partial charge in [0.1, 0.15) is 32.0 Å². The lowest BCUT2D eigenvalue weighted by molar-refractivity contribution is 0.0524. The number of hydrogen-bond donors (Lipinski definition) is 7. The maximum Gasteiger partial charge on any atom is 0.407 e. The summed E-state index contributed by atoms with van der Waals surface area (Å²) in [6, 6.07) is 46.1. The van der Waals surface area contributed by atoms with E-state index in [9.17, 15) is 28.8 Å². The van der Waals surface area contributed by atoms with Crippen molar-refractivity contribution in [3.63, 3.8) is 0 Å². The number of rotatable bonds is 15. The summed E-state index contributed by atoms with van der Waals surface area (Å²) in [5.41, 5.74) is 4.64. The van der Waals surface area contributed by atoms with Crippen molar-refractivity contribution in [3.8, 4) is 23.0 Å². The second-order valence-corrected chi connectivity index (χ2v) is 24.0. The minimum absolute atomic E-state index is 0.000593. The topological polar surface area (TPSA) is 256 Å². The van der Waals surface area contributed by atoms with Gasteiger partial charge in [-0.1, -0.05) is 121 Å². The Kier molecular flexibility index (Phi) is 24.2. The molecular formula is C73H83N9O12. The Morgan fingerprint density at radius 2 is 0.702 bits per heavy atom. The van der Waals surface area contributed by atoms with Crippen LogP contribution in [0.2, 0.25) is 0 Å². The van der Waals surface area contributed by atoms with Gasteiger partial charge in [0.2, 0.25) is 0 Å². The molecule has 0 saturated carbocycles. The van der Waals surface area contributed by atoms with Gasteiger partial charge < -0.3 is 60.9 Å². The van der Waals surface area contributed by atoms with Crippen molar-refractivity contribution < 1.29 is 57.2 Å². The van der Waals surface area contributed by atoms with E-state index in [2.05, 4.69) is 37.2 Å². The molecule has 7 aromatic rings. The van der Waals surface area contributed by atoms with E-state index < -0.39 is 41.4 Å². The first-order chi connectivity index (χ1) is 45.5. The van der Waals surface area contributed by atoms with Crippen molar-refractivity contribution in [1.82, 2.24) is 47.0 Å². The molecule has 9 heterocycles. The summed E-state index contributed by atoms with van der Waals surface area (Å²) in [5.74, 6) is -2.81. The third-order valence-corrected chi connectivity index (χ3v) is 15.9. The molecule has 21 nitrogen and oxygen atoms in total. The average molecular weight is 1280 g/mol. The second kappa shape index (κ2) is 33.4. The van der Waals surface area contributed by atoms with Crippen LogP contribution < -0.4 is 56.2 Å². The monoisotopic (exact) mass is 1280 g/mol. The Morgan fingerprint density at radius 1 is 0.415 bits per heavy atom. The number of amides is 7. The van der Waals surface area contributed by atoms with Crippen LogP contribution in [-0.4, -0.2) is 142 Å². The predicted molar refractivity (Wildman–Crippen MR) is 357 cm³/mol. The van der Waals surface area contributed by atoms with Crippen molar-refractivity contribution in [2.24, 2.45) is 0 Å². The zero-order valence-electron chi connectivity index (χ0n) is 53.9. The highest BCUT2D eigenvalue weighted by atomic mass is 16.6. The van der Waals surface area contributed by atoms with Crippen LogP contribution in [0.1, 0.15) is 123 Å². The van der Waals surface area contributed by atoms with Crippen molar-refractivity contribution >= 4 is 41.5 Å². The van der Waals surface area contributed by atoms with E-state index in [1.54, 1.807) is 46.8 Å². The summed E-state index contributed by atoms with van der Waals surface area (Å²) in [6.07, 6.45) is -0.511. The lowest BCUT2D eigenvalue weighted by Gasteiger charge is -2.29. The quantitative estimate of drug-likeness (QED) is 0.0510. The van der Waals surface area contributed by atoms with Crippen molar-refractivity contribution in [1.29, 1.82) is 0 Å². The Labute approximate surface area is 548 Å². The summed E-state index contributed by atoms with van der Waals surface area (Å²) in [5, 5.41) is 21.3. The predicted octanol–water partition coefficient (Wildman–Crippen LogP) is 8.31. The lowest BCUT2D eigenvalue weighted by atomic mass is 9.97. The largest absolute Gasteiger partial charge is 0.484 e. The normalized spacial score (nSPS) is 17.1. The van der Waals surface area contributed by atoms with Crippen LogP contribution in [0.5, 0.6) is 23.0 Å². The molecule has 0 fully saturated rings. The smallest absolute Gasteiger partial charge is 0.407 e. The Hall–Kier alpha value is -10.3. The maximum atomic E-state index is 15.4. The summed E-state index contributed by atoms with van der Waals surface area (Å²) < 4.78 is 32.0. The van der Waals surface area contributed by atoms with Gasteiger partial charge in [0.05, 0.1) is 22.3 Å². The van der Waals surface area contributed by atoms with E-state index in [1.807, 2.05) is 131 Å². The first kappa shape index (κ1) is 68.1. The molecule has 0 radical (unpaired) electrons. The summed E-state index contributed by atoms with van der Waals surface area (Å²) in [6.45, 7) is 10.5. The van der Waals surface area contributed by atoms with Crippen LogP contribution in [0, 0.1) is 13.8 Å². The zero-order valence-corrected chi connectivity index (χ0v) is 53.9. The fourth-order valence-corrected chi connectivity index (χ4v) is 10.8. The van der Waals surface area contributed by atoms with Gasteiger partial charge in [-0.05, 0) is 111 Å². The number of carbonyl (C=O) groups is 7. The molecule has 2 unspecified atom stereocenters. The van der Waals surface area contributed by atoms with Crippen LogP contribution in [0.15, 0.2) is 158 Å². The molecule has 7 N–H and O–H groups in total. The zero-order chi connectivity index (χ0) is 66.4. The number of nitrogens with zero attached hydrogens (tertiary/aromatic N) is 2. The molecule has 16 rings (SSSR count). The van der Waals surface area contributed by atoms with E-state index in [0.717, 1.165) is 22.3 Å². The molecule has 94 heavy (non-hydrogen) atoms. The third-order valence-electron chi connectivity index (χ3n) is 15.9. The molecule has 0 aromatic heterocycles. The van der Waals surface area contributed by atoms with Gasteiger partial charge in [-0.15, -0.1) is 0 Å². The van der Waals surface area contributed by atoms with Crippen LogP contribution in [0.25, 0.3) is 0 Å². The SMILES string of the molecule is Cc1c2ccc(c1C)C(=O)NCCN1CCNC(=O)c3ccc(c(OCc4ccccc4)c3OCc3ccccc3)C(=O)NCCN(CCNC2=O)CCNC(=O)c2ccc(c(OCc3ccccc3)c2OCc2ccccc2)C(=O)N[C@@H](CCNC(=O)OC(C)(C)C)C1. The van der Waals surface area contributed by atoms with Crippen molar-refractivity contribution in [3.05, 3.63) is 224 Å². The minimum Gasteiger partial charge on any atom is -0.484 e. The van der Waals surface area contributed by atoms with Crippen LogP contribution in [0.3, 0.4) is 0 Å². The molecule has 7 aromatic carbocycles. The van der Waals surface area contributed by atoms with Gasteiger partial charge in [0.15, 0.2) is 23.0 Å². The first-order valence-electron chi connectivity index (χ1n) is 31.7. The van der Waals surface area contributed by atoms with Crippen LogP contribution >= 0.6 is 0 Å². The van der Waals surface area contributed by atoms with Gasteiger partial charge in [0, 0.05) is 95.7 Å².